The molecule has 0 atom stereocenters. The fourth-order valence-corrected chi connectivity index (χ4v) is 3.32. The third-order valence-electron chi connectivity index (χ3n) is 4.66. The molecule has 1 fully saturated rings. The quantitative estimate of drug-likeness (QED) is 0.550. The van der Waals surface area contributed by atoms with Crippen LogP contribution in [0.4, 0.5) is 5.88 Å². The number of ether oxygens (including phenoxy) is 2. The first-order valence-corrected chi connectivity index (χ1v) is 9.19. The Labute approximate surface area is 163 Å². The third-order valence-corrected chi connectivity index (χ3v) is 4.66. The number of furan rings is 1. The smallest absolute Gasteiger partial charge is 0.344 e. The van der Waals surface area contributed by atoms with Gasteiger partial charge in [-0.25, -0.2) is 4.79 Å². The Bertz CT molecular complexity index is 761. The number of carbonyl (C=O) groups excluding carboxylic acids is 4. The Balaban J connectivity index is 2.06. The SMILES string of the molecule is CCOC(=O)c1c(NC(=O)CN2CCC(C(=O)OC)CC2)oc(C)c1C(C)=O. The normalized spacial score (nSPS) is 15.1. The lowest BCUT2D eigenvalue weighted by atomic mass is 9.97. The molecular formula is C19H26N2O7. The van der Waals surface area contributed by atoms with Crippen LogP contribution in [0, 0.1) is 12.8 Å². The van der Waals surface area contributed by atoms with Crippen LogP contribution in [-0.4, -0.2) is 61.9 Å². The standard InChI is InChI=1S/C19H26N2O7/c1-5-27-19(25)16-15(11(2)22)12(3)28-17(16)20-14(23)10-21-8-6-13(7-9-21)18(24)26-4/h13H,5-10H2,1-4H3,(H,20,23). The van der Waals surface area contributed by atoms with Gasteiger partial charge in [0.25, 0.3) is 0 Å². The first kappa shape index (κ1) is 21.6. The summed E-state index contributed by atoms with van der Waals surface area (Å²) < 4.78 is 15.2. The van der Waals surface area contributed by atoms with Crippen molar-refractivity contribution < 1.29 is 33.1 Å². The van der Waals surface area contributed by atoms with E-state index in [-0.39, 0.29) is 59.5 Å². The third kappa shape index (κ3) is 4.98. The van der Waals surface area contributed by atoms with Crippen LogP contribution in [0.5, 0.6) is 0 Å². The lowest BCUT2D eigenvalue weighted by Gasteiger charge is -2.29. The average molecular weight is 394 g/mol. The van der Waals surface area contributed by atoms with Crippen molar-refractivity contribution in [3.63, 3.8) is 0 Å². The van der Waals surface area contributed by atoms with Crippen molar-refractivity contribution in [2.45, 2.75) is 33.6 Å². The van der Waals surface area contributed by atoms with E-state index in [1.54, 1.807) is 13.8 Å². The zero-order valence-corrected chi connectivity index (χ0v) is 16.6. The molecule has 9 nitrogen and oxygen atoms in total. The molecule has 0 aromatic carbocycles. The molecule has 9 heteroatoms. The highest BCUT2D eigenvalue weighted by Gasteiger charge is 2.30. The number of hydrogen-bond donors (Lipinski definition) is 1. The predicted molar refractivity (Wildman–Crippen MR) is 99.2 cm³/mol. The second kappa shape index (κ2) is 9.50. The van der Waals surface area contributed by atoms with Crippen LogP contribution < -0.4 is 5.32 Å². The maximum absolute atomic E-state index is 12.4. The molecule has 0 aliphatic carbocycles. The number of anilines is 1. The topological polar surface area (TPSA) is 115 Å². The molecule has 0 radical (unpaired) electrons. The number of Topliss-reactive ketones (excluding diaryl/α,β-unsaturated/α-hetero) is 1. The van der Waals surface area contributed by atoms with Gasteiger partial charge in [0.1, 0.15) is 11.3 Å². The minimum Gasteiger partial charge on any atom is -0.469 e. The molecule has 1 aliphatic heterocycles. The molecule has 2 rings (SSSR count). The Morgan fingerprint density at radius 1 is 1.18 bits per heavy atom. The highest BCUT2D eigenvalue weighted by atomic mass is 16.5. The van der Waals surface area contributed by atoms with E-state index in [1.807, 2.05) is 4.90 Å². The minimum absolute atomic E-state index is 0.0652. The number of nitrogens with zero attached hydrogens (tertiary/aromatic N) is 1. The summed E-state index contributed by atoms with van der Waals surface area (Å²) in [5.41, 5.74) is 0.0391. The molecule has 154 valence electrons. The van der Waals surface area contributed by atoms with E-state index in [2.05, 4.69) is 5.32 Å². The number of aryl methyl sites for hydroxylation is 1. The van der Waals surface area contributed by atoms with E-state index in [9.17, 15) is 19.2 Å². The Morgan fingerprint density at radius 2 is 1.82 bits per heavy atom. The lowest BCUT2D eigenvalue weighted by molar-refractivity contribution is -0.147. The molecule has 1 aromatic heterocycles. The van der Waals surface area contributed by atoms with Crippen molar-refractivity contribution in [3.05, 3.63) is 16.9 Å². The van der Waals surface area contributed by atoms with Crippen molar-refractivity contribution in [2.24, 2.45) is 5.92 Å². The van der Waals surface area contributed by atoms with Crippen LogP contribution in [0.1, 0.15) is 53.2 Å². The number of likely N-dealkylation sites (tertiary alicyclic amines) is 1. The van der Waals surface area contributed by atoms with Gasteiger partial charge in [0, 0.05) is 0 Å². The van der Waals surface area contributed by atoms with Crippen LogP contribution in [0.3, 0.4) is 0 Å². The summed E-state index contributed by atoms with van der Waals surface area (Å²) >= 11 is 0. The molecule has 1 saturated heterocycles. The number of piperidine rings is 1. The molecule has 0 unspecified atom stereocenters. The van der Waals surface area contributed by atoms with Crippen LogP contribution in [0.25, 0.3) is 0 Å². The fourth-order valence-electron chi connectivity index (χ4n) is 3.32. The van der Waals surface area contributed by atoms with E-state index in [0.29, 0.717) is 25.9 Å². The number of esters is 2. The largest absolute Gasteiger partial charge is 0.469 e. The molecule has 2 heterocycles. The van der Waals surface area contributed by atoms with Gasteiger partial charge >= 0.3 is 11.9 Å². The number of carbonyl (C=O) groups is 4. The Morgan fingerprint density at radius 3 is 2.36 bits per heavy atom. The summed E-state index contributed by atoms with van der Waals surface area (Å²) in [5.74, 6) is -1.68. The van der Waals surface area contributed by atoms with Crippen molar-refractivity contribution in [1.29, 1.82) is 0 Å². The summed E-state index contributed by atoms with van der Waals surface area (Å²) in [4.78, 5) is 50.1. The summed E-state index contributed by atoms with van der Waals surface area (Å²) in [7, 11) is 1.37. The molecule has 0 bridgehead atoms. The maximum Gasteiger partial charge on any atom is 0.344 e. The van der Waals surface area contributed by atoms with Crippen LogP contribution in [0.2, 0.25) is 0 Å². The van der Waals surface area contributed by atoms with Gasteiger partial charge in [0.05, 0.1) is 31.7 Å². The highest BCUT2D eigenvalue weighted by molar-refractivity contribution is 6.10. The minimum atomic E-state index is -0.723. The molecular weight excluding hydrogens is 368 g/mol. The summed E-state index contributed by atoms with van der Waals surface area (Å²) in [5, 5.41) is 2.57. The van der Waals surface area contributed by atoms with E-state index in [1.165, 1.54) is 14.0 Å². The van der Waals surface area contributed by atoms with Gasteiger partial charge < -0.3 is 13.9 Å². The molecule has 1 N–H and O–H groups in total. The zero-order chi connectivity index (χ0) is 20.8. The molecule has 0 saturated carbocycles. The first-order valence-electron chi connectivity index (χ1n) is 9.19. The lowest BCUT2D eigenvalue weighted by Crippen LogP contribution is -2.41. The Kier molecular flexibility index (Phi) is 7.33. The van der Waals surface area contributed by atoms with Crippen LogP contribution >= 0.6 is 0 Å². The number of rotatable bonds is 7. The number of ketones is 1. The van der Waals surface area contributed by atoms with Gasteiger partial charge in [0.2, 0.25) is 11.8 Å². The highest BCUT2D eigenvalue weighted by Crippen LogP contribution is 2.28. The molecule has 28 heavy (non-hydrogen) atoms. The van der Waals surface area contributed by atoms with Crippen LogP contribution in [0.15, 0.2) is 4.42 Å². The van der Waals surface area contributed by atoms with Crippen molar-refractivity contribution >= 4 is 29.5 Å². The number of nitrogens with one attached hydrogen (secondary N) is 1. The van der Waals surface area contributed by atoms with Gasteiger partial charge in [-0.3, -0.25) is 24.6 Å². The molecule has 1 aliphatic rings. The second-order valence-electron chi connectivity index (χ2n) is 6.64. The van der Waals surface area contributed by atoms with Gasteiger partial charge in [-0.2, -0.15) is 0 Å². The van der Waals surface area contributed by atoms with Crippen molar-refractivity contribution in [2.75, 3.05) is 38.7 Å². The zero-order valence-electron chi connectivity index (χ0n) is 16.6. The monoisotopic (exact) mass is 394 g/mol. The summed E-state index contributed by atoms with van der Waals surface area (Å²) in [6.45, 7) is 5.87. The van der Waals surface area contributed by atoms with Gasteiger partial charge in [-0.1, -0.05) is 0 Å². The van der Waals surface area contributed by atoms with Crippen LogP contribution in [-0.2, 0) is 19.1 Å². The molecule has 0 spiro atoms. The van der Waals surface area contributed by atoms with E-state index in [4.69, 9.17) is 13.9 Å². The maximum atomic E-state index is 12.4. The van der Waals surface area contributed by atoms with E-state index in [0.717, 1.165) is 0 Å². The van der Waals surface area contributed by atoms with E-state index < -0.39 is 5.97 Å². The Hall–Kier alpha value is -2.68. The van der Waals surface area contributed by atoms with Gasteiger partial charge in [0.15, 0.2) is 5.78 Å². The predicted octanol–water partition coefficient (Wildman–Crippen LogP) is 1.79. The number of methoxy groups -OCH3 is 1. The van der Waals surface area contributed by atoms with Gasteiger partial charge in [-0.05, 0) is 46.7 Å². The fraction of sp³-hybridized carbons (Fsp3) is 0.579. The van der Waals surface area contributed by atoms with Crippen molar-refractivity contribution in [3.8, 4) is 0 Å². The van der Waals surface area contributed by atoms with E-state index >= 15 is 0 Å². The average Bonchev–Trinajstić information content (AvgIpc) is 2.97. The van der Waals surface area contributed by atoms with Crippen molar-refractivity contribution in [1.82, 2.24) is 4.90 Å². The number of hydrogen-bond acceptors (Lipinski definition) is 8. The molecule has 1 aromatic rings. The summed E-state index contributed by atoms with van der Waals surface area (Å²) in [6, 6.07) is 0. The second-order valence-corrected chi connectivity index (χ2v) is 6.64. The van der Waals surface area contributed by atoms with Gasteiger partial charge in [-0.15, -0.1) is 0 Å². The summed E-state index contributed by atoms with van der Waals surface area (Å²) in [6.07, 6.45) is 1.23. The number of amides is 1. The molecule has 1 amide bonds. The first-order chi connectivity index (χ1) is 13.3.